The summed E-state index contributed by atoms with van der Waals surface area (Å²) < 4.78 is 25.8. The molecule has 0 aliphatic heterocycles. The van der Waals surface area contributed by atoms with Crippen LogP contribution in [0, 0.1) is 0 Å². The fourth-order valence-electron chi connectivity index (χ4n) is 3.90. The van der Waals surface area contributed by atoms with Gasteiger partial charge >= 0.3 is 7.60 Å². The highest BCUT2D eigenvalue weighted by atomic mass is 35.5. The van der Waals surface area contributed by atoms with Gasteiger partial charge in [-0.3, -0.25) is 14.2 Å². The van der Waals surface area contributed by atoms with Gasteiger partial charge in [0.05, 0.1) is 25.3 Å². The Labute approximate surface area is 190 Å². The predicted molar refractivity (Wildman–Crippen MR) is 120 cm³/mol. The van der Waals surface area contributed by atoms with E-state index < -0.39 is 25.0 Å². The van der Waals surface area contributed by atoms with E-state index >= 15 is 0 Å². The number of hydrogen-bond acceptors (Lipinski definition) is 6. The molecule has 7 nitrogen and oxygen atoms in total. The second kappa shape index (κ2) is 8.68. The molecule has 0 bridgehead atoms. The number of carbonyl (C=O) groups excluding carboxylic acids is 2. The minimum atomic E-state index is -4.12. The first kappa shape index (κ1) is 22.5. The molecule has 32 heavy (non-hydrogen) atoms. The summed E-state index contributed by atoms with van der Waals surface area (Å²) in [5.41, 5.74) is 0.748. The quantitative estimate of drug-likeness (QED) is 0.395. The zero-order valence-corrected chi connectivity index (χ0v) is 19.2. The number of halogens is 1. The molecule has 0 radical (unpaired) electrons. The largest absolute Gasteiger partial charge is 0.494 e. The van der Waals surface area contributed by atoms with Crippen LogP contribution in [-0.2, 0) is 20.2 Å². The molecule has 1 aliphatic rings. The van der Waals surface area contributed by atoms with Crippen LogP contribution in [-0.4, -0.2) is 34.5 Å². The molecule has 4 rings (SSSR count). The van der Waals surface area contributed by atoms with E-state index in [9.17, 15) is 19.3 Å². The second-order valence-electron chi connectivity index (χ2n) is 7.11. The number of carbonyl (C=O) groups is 2. The third-order valence-electron chi connectivity index (χ3n) is 5.23. The molecule has 1 N–H and O–H groups in total. The zero-order valence-electron chi connectivity index (χ0n) is 17.5. The molecular weight excluding hydrogens is 453 g/mol. The Morgan fingerprint density at radius 3 is 2.09 bits per heavy atom. The number of benzene rings is 2. The van der Waals surface area contributed by atoms with Crippen molar-refractivity contribution >= 4 is 36.1 Å². The van der Waals surface area contributed by atoms with Gasteiger partial charge in [0.25, 0.3) is 0 Å². The predicted octanol–water partition coefficient (Wildman–Crippen LogP) is 4.56. The Hall–Kier alpha value is -2.70. The van der Waals surface area contributed by atoms with Crippen molar-refractivity contribution in [3.63, 3.8) is 0 Å². The van der Waals surface area contributed by atoms with Crippen LogP contribution in [0.25, 0.3) is 0 Å². The minimum absolute atomic E-state index is 0.0138. The Kier molecular flexibility index (Phi) is 6.10. The number of hydrogen-bond donors (Lipinski definition) is 1. The Balaban J connectivity index is 2.03. The molecule has 0 unspecified atom stereocenters. The lowest BCUT2D eigenvalue weighted by Crippen LogP contribution is -2.26. The molecule has 1 aromatic heterocycles. The van der Waals surface area contributed by atoms with Gasteiger partial charge in [-0.05, 0) is 25.5 Å². The summed E-state index contributed by atoms with van der Waals surface area (Å²) in [6, 6.07) is 13.3. The average Bonchev–Trinajstić information content (AvgIpc) is 3.07. The summed E-state index contributed by atoms with van der Waals surface area (Å²) >= 11 is 6.30. The van der Waals surface area contributed by atoms with E-state index in [2.05, 4.69) is 0 Å². The van der Waals surface area contributed by atoms with E-state index in [1.807, 2.05) is 0 Å². The first-order valence-corrected chi connectivity index (χ1v) is 12.0. The number of rotatable bonds is 7. The van der Waals surface area contributed by atoms with Crippen LogP contribution in [0.2, 0.25) is 5.02 Å². The van der Waals surface area contributed by atoms with Gasteiger partial charge in [-0.1, -0.05) is 54.1 Å². The highest BCUT2D eigenvalue weighted by Gasteiger charge is 2.45. The van der Waals surface area contributed by atoms with Crippen LogP contribution < -0.4 is 5.30 Å². The summed E-state index contributed by atoms with van der Waals surface area (Å²) in [6.07, 6.45) is 0. The lowest BCUT2D eigenvalue weighted by atomic mass is 9.88. The first-order chi connectivity index (χ1) is 15.3. The molecule has 0 saturated heterocycles. The third kappa shape index (κ3) is 3.51. The molecule has 0 amide bonds. The topological polar surface area (TPSA) is 94.8 Å². The van der Waals surface area contributed by atoms with Gasteiger partial charge in [-0.2, -0.15) is 0 Å². The molecule has 1 heterocycles. The number of aromatic hydroxyl groups is 1. The van der Waals surface area contributed by atoms with E-state index in [4.69, 9.17) is 20.6 Å². The van der Waals surface area contributed by atoms with Crippen molar-refractivity contribution < 1.29 is 28.3 Å². The molecular formula is C23H21ClNO6P. The molecule has 1 aliphatic carbocycles. The number of aromatic nitrogens is 1. The summed E-state index contributed by atoms with van der Waals surface area (Å²) in [4.78, 5) is 26.9. The van der Waals surface area contributed by atoms with Crippen LogP contribution in [0.1, 0.15) is 51.4 Å². The SMILES string of the molecule is CCOP(=O)(OCC)c1c2c(n(Cc3ccccc3Cl)c1O)C(=O)c1ccccc1C2=O. The Morgan fingerprint density at radius 2 is 1.50 bits per heavy atom. The van der Waals surface area contributed by atoms with Gasteiger partial charge in [0.2, 0.25) is 11.7 Å². The van der Waals surface area contributed by atoms with Gasteiger partial charge in [-0.15, -0.1) is 0 Å². The molecule has 0 fully saturated rings. The number of ketones is 2. The van der Waals surface area contributed by atoms with Crippen molar-refractivity contribution in [2.24, 2.45) is 0 Å². The number of nitrogens with zero attached hydrogens (tertiary/aromatic N) is 1. The smallest absolute Gasteiger partial charge is 0.367 e. The summed E-state index contributed by atoms with van der Waals surface area (Å²) in [6.45, 7) is 3.25. The van der Waals surface area contributed by atoms with Gasteiger partial charge < -0.3 is 18.7 Å². The van der Waals surface area contributed by atoms with Crippen molar-refractivity contribution in [1.29, 1.82) is 0 Å². The maximum absolute atomic E-state index is 13.7. The molecule has 0 atom stereocenters. The van der Waals surface area contributed by atoms with Crippen LogP contribution in [0.3, 0.4) is 0 Å². The van der Waals surface area contributed by atoms with E-state index in [0.717, 1.165) is 0 Å². The molecule has 2 aromatic carbocycles. The monoisotopic (exact) mass is 473 g/mol. The van der Waals surface area contributed by atoms with E-state index in [-0.39, 0.29) is 47.4 Å². The fraction of sp³-hybridized carbons (Fsp3) is 0.217. The molecule has 0 saturated carbocycles. The van der Waals surface area contributed by atoms with Crippen LogP contribution in [0.15, 0.2) is 48.5 Å². The lowest BCUT2D eigenvalue weighted by Gasteiger charge is -2.19. The van der Waals surface area contributed by atoms with Crippen molar-refractivity contribution in [3.05, 3.63) is 81.5 Å². The third-order valence-corrected chi connectivity index (χ3v) is 7.76. The fourth-order valence-corrected chi connectivity index (χ4v) is 5.96. The van der Waals surface area contributed by atoms with Crippen LogP contribution in [0.5, 0.6) is 5.88 Å². The highest BCUT2D eigenvalue weighted by molar-refractivity contribution is 7.62. The van der Waals surface area contributed by atoms with Crippen LogP contribution >= 0.6 is 19.2 Å². The second-order valence-corrected chi connectivity index (χ2v) is 9.48. The molecule has 166 valence electrons. The van der Waals surface area contributed by atoms with Crippen molar-refractivity contribution in [2.75, 3.05) is 13.2 Å². The Morgan fingerprint density at radius 1 is 0.938 bits per heavy atom. The van der Waals surface area contributed by atoms with Gasteiger partial charge in [0, 0.05) is 16.1 Å². The van der Waals surface area contributed by atoms with Gasteiger partial charge in [0.1, 0.15) is 11.0 Å². The Bertz CT molecular complexity index is 1270. The molecule has 9 heteroatoms. The maximum atomic E-state index is 13.7. The van der Waals surface area contributed by atoms with Crippen LogP contribution in [0.4, 0.5) is 0 Å². The standard InChI is InChI=1S/C23H21ClNO6P/c1-3-30-32(29,31-4-2)22-18-19(21(27)16-11-7-6-10-15(16)20(18)26)25(23(22)28)13-14-9-5-8-12-17(14)24/h5-12,28H,3-4,13H2,1-2H3. The molecule has 3 aromatic rings. The molecule has 0 spiro atoms. The van der Waals surface area contributed by atoms with E-state index in [1.165, 1.54) is 10.6 Å². The van der Waals surface area contributed by atoms with Gasteiger partial charge in [-0.25, -0.2) is 0 Å². The van der Waals surface area contributed by atoms with E-state index in [0.29, 0.717) is 10.6 Å². The van der Waals surface area contributed by atoms with E-state index in [1.54, 1.807) is 56.3 Å². The highest BCUT2D eigenvalue weighted by Crippen LogP contribution is 2.52. The average molecular weight is 474 g/mol. The maximum Gasteiger partial charge on any atom is 0.367 e. The van der Waals surface area contributed by atoms with Crippen molar-refractivity contribution in [2.45, 2.75) is 20.4 Å². The number of fused-ring (bicyclic) bond motifs is 2. The van der Waals surface area contributed by atoms with Crippen molar-refractivity contribution in [3.8, 4) is 5.88 Å². The lowest BCUT2D eigenvalue weighted by molar-refractivity contribution is 0.0973. The van der Waals surface area contributed by atoms with Crippen molar-refractivity contribution in [1.82, 2.24) is 4.57 Å². The first-order valence-electron chi connectivity index (χ1n) is 10.1. The normalized spacial score (nSPS) is 13.2. The zero-order chi connectivity index (χ0) is 23.0. The summed E-state index contributed by atoms with van der Waals surface area (Å²) in [5.74, 6) is -1.52. The van der Waals surface area contributed by atoms with Gasteiger partial charge in [0.15, 0.2) is 5.78 Å². The summed E-state index contributed by atoms with van der Waals surface area (Å²) in [5, 5.41) is 11.3. The summed E-state index contributed by atoms with van der Waals surface area (Å²) in [7, 11) is -4.12. The minimum Gasteiger partial charge on any atom is -0.494 e.